The normalized spacial score (nSPS) is 11.3. The van der Waals surface area contributed by atoms with Crippen LogP contribution in [0.4, 0.5) is 5.69 Å². The molecule has 0 aliphatic carbocycles. The largest absolute Gasteiger partial charge is 0.493 e. The Bertz CT molecular complexity index is 1510. The number of carbonyl (C=O) groups is 2. The van der Waals surface area contributed by atoms with Gasteiger partial charge in [-0.15, -0.1) is 0 Å². The number of nitriles is 1. The maximum absolute atomic E-state index is 12.7. The first kappa shape index (κ1) is 27.7. The molecule has 3 rings (SSSR count). The van der Waals surface area contributed by atoms with Crippen molar-refractivity contribution in [2.75, 3.05) is 19.5 Å². The standard InChI is InChI=1S/C25H18BrClN2O7S/c1-34-22-13-15(12-21(26)23(22)36-37(32,33)20-9-5-18(27)6-10-20)11-17(14-28)24(30)29-19-7-3-16(4-8-19)25(31)35-2/h3-13H,1-2H3,(H,29,30)/b17-11+. The predicted octanol–water partition coefficient (Wildman–Crippen LogP) is 5.21. The summed E-state index contributed by atoms with van der Waals surface area (Å²) in [6.45, 7) is 0. The fourth-order valence-corrected chi connectivity index (χ4v) is 4.72. The number of methoxy groups -OCH3 is 2. The first-order valence-electron chi connectivity index (χ1n) is 10.3. The smallest absolute Gasteiger partial charge is 0.339 e. The van der Waals surface area contributed by atoms with Crippen LogP contribution < -0.4 is 14.2 Å². The van der Waals surface area contributed by atoms with Crippen LogP contribution in [0.3, 0.4) is 0 Å². The SMILES string of the molecule is COC(=O)c1ccc(NC(=O)/C(C#N)=C/c2cc(Br)c(OS(=O)(=O)c3ccc(Cl)cc3)c(OC)c2)cc1. The molecular weight excluding hydrogens is 588 g/mol. The number of esters is 1. The van der Waals surface area contributed by atoms with Crippen LogP contribution in [0.25, 0.3) is 6.08 Å². The number of anilines is 1. The highest BCUT2D eigenvalue weighted by Gasteiger charge is 2.22. The van der Waals surface area contributed by atoms with Crippen LogP contribution in [-0.4, -0.2) is 34.5 Å². The van der Waals surface area contributed by atoms with E-state index in [4.69, 9.17) is 20.5 Å². The molecule has 0 atom stereocenters. The van der Waals surface area contributed by atoms with Crippen molar-refractivity contribution in [2.24, 2.45) is 0 Å². The summed E-state index contributed by atoms with van der Waals surface area (Å²) < 4.78 is 40.8. The van der Waals surface area contributed by atoms with E-state index in [9.17, 15) is 23.3 Å². The van der Waals surface area contributed by atoms with Crippen LogP contribution >= 0.6 is 27.5 Å². The summed E-state index contributed by atoms with van der Waals surface area (Å²) in [5, 5.41) is 12.5. The first-order valence-corrected chi connectivity index (χ1v) is 12.8. The lowest BCUT2D eigenvalue weighted by Gasteiger charge is -2.13. The second kappa shape index (κ2) is 11.9. The molecule has 0 aromatic heterocycles. The van der Waals surface area contributed by atoms with E-state index in [1.165, 1.54) is 81.0 Å². The first-order chi connectivity index (χ1) is 17.6. The van der Waals surface area contributed by atoms with Gasteiger partial charge in [-0.25, -0.2) is 4.79 Å². The zero-order valence-electron chi connectivity index (χ0n) is 19.3. The number of ether oxygens (including phenoxy) is 2. The van der Waals surface area contributed by atoms with E-state index in [1.54, 1.807) is 0 Å². The Morgan fingerprint density at radius 1 is 1.05 bits per heavy atom. The molecule has 0 fully saturated rings. The van der Waals surface area contributed by atoms with Gasteiger partial charge in [0.2, 0.25) is 0 Å². The van der Waals surface area contributed by atoms with Gasteiger partial charge in [-0.05, 0) is 88.2 Å². The number of hydrogen-bond donors (Lipinski definition) is 1. The molecule has 0 unspecified atom stereocenters. The highest BCUT2D eigenvalue weighted by atomic mass is 79.9. The summed E-state index contributed by atoms with van der Waals surface area (Å²) in [5.74, 6) is -1.31. The van der Waals surface area contributed by atoms with Crippen LogP contribution in [0.1, 0.15) is 15.9 Å². The third kappa shape index (κ3) is 6.89. The van der Waals surface area contributed by atoms with E-state index in [2.05, 4.69) is 26.0 Å². The number of amides is 1. The Morgan fingerprint density at radius 2 is 1.70 bits per heavy atom. The van der Waals surface area contributed by atoms with Crippen molar-refractivity contribution in [3.63, 3.8) is 0 Å². The molecule has 190 valence electrons. The number of nitrogens with one attached hydrogen (secondary N) is 1. The summed E-state index contributed by atoms with van der Waals surface area (Å²) >= 11 is 9.08. The van der Waals surface area contributed by atoms with Crippen molar-refractivity contribution >= 4 is 61.3 Å². The number of nitrogens with zero attached hydrogens (tertiary/aromatic N) is 1. The van der Waals surface area contributed by atoms with Gasteiger partial charge in [-0.1, -0.05) is 11.6 Å². The Balaban J connectivity index is 1.86. The van der Waals surface area contributed by atoms with Crippen molar-refractivity contribution in [1.29, 1.82) is 5.26 Å². The van der Waals surface area contributed by atoms with Crippen LogP contribution in [0.2, 0.25) is 5.02 Å². The minimum absolute atomic E-state index is 0.0364. The summed E-state index contributed by atoms with van der Waals surface area (Å²) in [4.78, 5) is 24.1. The Labute approximate surface area is 226 Å². The second-order valence-electron chi connectivity index (χ2n) is 7.22. The summed E-state index contributed by atoms with van der Waals surface area (Å²) in [6.07, 6.45) is 1.29. The van der Waals surface area contributed by atoms with Gasteiger partial charge in [-0.3, -0.25) is 4.79 Å². The van der Waals surface area contributed by atoms with E-state index >= 15 is 0 Å². The quantitative estimate of drug-likeness (QED) is 0.160. The average Bonchev–Trinajstić information content (AvgIpc) is 2.88. The fraction of sp³-hybridized carbons (Fsp3) is 0.0800. The maximum atomic E-state index is 12.7. The Hall–Kier alpha value is -3.85. The lowest BCUT2D eigenvalue weighted by atomic mass is 10.1. The fourth-order valence-electron chi connectivity index (χ4n) is 2.98. The van der Waals surface area contributed by atoms with E-state index in [0.29, 0.717) is 21.8 Å². The molecule has 37 heavy (non-hydrogen) atoms. The third-order valence-electron chi connectivity index (χ3n) is 4.79. The van der Waals surface area contributed by atoms with E-state index in [-0.39, 0.29) is 26.4 Å². The van der Waals surface area contributed by atoms with Crippen LogP contribution in [0.5, 0.6) is 11.5 Å². The lowest BCUT2D eigenvalue weighted by Crippen LogP contribution is -2.13. The molecule has 0 saturated heterocycles. The topological polar surface area (TPSA) is 132 Å². The molecule has 12 heteroatoms. The average molecular weight is 606 g/mol. The molecule has 3 aromatic rings. The zero-order valence-corrected chi connectivity index (χ0v) is 22.5. The molecule has 0 radical (unpaired) electrons. The van der Waals surface area contributed by atoms with Gasteiger partial charge < -0.3 is 19.0 Å². The van der Waals surface area contributed by atoms with Crippen LogP contribution in [0, 0.1) is 11.3 Å². The van der Waals surface area contributed by atoms with E-state index in [1.807, 2.05) is 6.07 Å². The van der Waals surface area contributed by atoms with Gasteiger partial charge in [-0.2, -0.15) is 13.7 Å². The Kier molecular flexibility index (Phi) is 8.94. The molecule has 9 nitrogen and oxygen atoms in total. The van der Waals surface area contributed by atoms with Gasteiger partial charge in [0.1, 0.15) is 16.5 Å². The molecule has 0 saturated carbocycles. The highest BCUT2D eigenvalue weighted by molar-refractivity contribution is 9.10. The zero-order chi connectivity index (χ0) is 27.2. The number of halogens is 2. The summed E-state index contributed by atoms with van der Waals surface area (Å²) in [6, 6.07) is 16.1. The van der Waals surface area contributed by atoms with Crippen molar-refractivity contribution < 1.29 is 31.7 Å². The molecule has 0 spiro atoms. The van der Waals surface area contributed by atoms with E-state index < -0.39 is 22.0 Å². The molecule has 0 aliphatic heterocycles. The highest BCUT2D eigenvalue weighted by Crippen LogP contribution is 2.39. The number of benzene rings is 3. The molecule has 0 aliphatic rings. The molecule has 1 amide bonds. The van der Waals surface area contributed by atoms with Gasteiger partial charge in [0.25, 0.3) is 5.91 Å². The molecule has 0 heterocycles. The third-order valence-corrected chi connectivity index (χ3v) is 6.86. The number of rotatable bonds is 8. The minimum Gasteiger partial charge on any atom is -0.493 e. The van der Waals surface area contributed by atoms with Crippen LogP contribution in [0.15, 0.2) is 75.6 Å². The molecule has 3 aromatic carbocycles. The molecule has 1 N–H and O–H groups in total. The number of carbonyl (C=O) groups excluding carboxylic acids is 2. The predicted molar refractivity (Wildman–Crippen MR) is 140 cm³/mol. The van der Waals surface area contributed by atoms with Gasteiger partial charge in [0.05, 0.1) is 24.3 Å². The second-order valence-corrected chi connectivity index (χ2v) is 10.1. The van der Waals surface area contributed by atoms with Crippen molar-refractivity contribution in [1.82, 2.24) is 0 Å². The Morgan fingerprint density at radius 3 is 2.27 bits per heavy atom. The van der Waals surface area contributed by atoms with Crippen LogP contribution in [-0.2, 0) is 19.6 Å². The van der Waals surface area contributed by atoms with Crippen molar-refractivity contribution in [2.45, 2.75) is 4.90 Å². The van der Waals surface area contributed by atoms with Crippen molar-refractivity contribution in [3.05, 3.63) is 86.9 Å². The minimum atomic E-state index is -4.21. The monoisotopic (exact) mass is 604 g/mol. The molecule has 0 bridgehead atoms. The lowest BCUT2D eigenvalue weighted by molar-refractivity contribution is -0.112. The van der Waals surface area contributed by atoms with Gasteiger partial charge in [0, 0.05) is 10.7 Å². The van der Waals surface area contributed by atoms with Gasteiger partial charge in [0.15, 0.2) is 11.5 Å². The maximum Gasteiger partial charge on any atom is 0.339 e. The number of hydrogen-bond acceptors (Lipinski definition) is 8. The van der Waals surface area contributed by atoms with Gasteiger partial charge >= 0.3 is 16.1 Å². The van der Waals surface area contributed by atoms with E-state index in [0.717, 1.165) is 0 Å². The summed E-state index contributed by atoms with van der Waals surface area (Å²) in [5.41, 5.74) is 0.767. The summed E-state index contributed by atoms with van der Waals surface area (Å²) in [7, 11) is -1.64. The molecular formula is C25H18BrClN2O7S. The van der Waals surface area contributed by atoms with Crippen molar-refractivity contribution in [3.8, 4) is 17.6 Å².